The fourth-order valence-electron chi connectivity index (χ4n) is 5.31. The van der Waals surface area contributed by atoms with E-state index in [9.17, 15) is 8.78 Å². The number of methoxy groups -OCH3 is 1. The van der Waals surface area contributed by atoms with Crippen LogP contribution >= 0.6 is 0 Å². The van der Waals surface area contributed by atoms with Gasteiger partial charge in [0.25, 0.3) is 5.92 Å². The van der Waals surface area contributed by atoms with Crippen molar-refractivity contribution in [1.29, 1.82) is 0 Å². The number of halogens is 2. The molecule has 3 heterocycles. The number of fused-ring (bicyclic) bond motifs is 4. The Morgan fingerprint density at radius 2 is 2.09 bits per heavy atom. The third-order valence-electron chi connectivity index (χ3n) is 7.07. The van der Waals surface area contributed by atoms with Crippen molar-refractivity contribution in [2.24, 2.45) is 0 Å². The topological polar surface area (TPSA) is 60.7 Å². The van der Waals surface area contributed by atoms with Gasteiger partial charge in [-0.25, -0.2) is 18.3 Å². The molecule has 0 fully saturated rings. The Morgan fingerprint density at radius 3 is 2.89 bits per heavy atom. The average Bonchev–Trinajstić information content (AvgIpc) is 3.47. The number of ether oxygens (including phenoxy) is 2. The minimum absolute atomic E-state index is 0.142. The first-order valence-electron chi connectivity index (χ1n) is 11.9. The highest BCUT2D eigenvalue weighted by Crippen LogP contribution is 2.44. The molecule has 0 radical (unpaired) electrons. The van der Waals surface area contributed by atoms with Crippen LogP contribution in [0.4, 0.5) is 14.6 Å². The lowest BCUT2D eigenvalue weighted by atomic mass is 9.97. The Bertz CT molecular complexity index is 1480. The normalized spacial score (nSPS) is 17.9. The van der Waals surface area contributed by atoms with Gasteiger partial charge in [-0.1, -0.05) is 24.3 Å². The molecule has 0 saturated heterocycles. The lowest BCUT2D eigenvalue weighted by Gasteiger charge is -2.22. The van der Waals surface area contributed by atoms with Crippen LogP contribution in [0.1, 0.15) is 48.1 Å². The minimum atomic E-state index is -2.77. The standard InChI is InChI=1S/C27H26F2N4O2/c1-16(18-4-3-5-22-19(18)6-10-27(22,28)29)31-26-21-14-20(17-8-12-35-13-9-17)24(34-2)15-23(21)33-25(32-26)7-11-30-33/h3-5,7-8,11,14-16H,6,9-10,12-13H2,1-2H3,(H,31,32). The molecule has 2 aromatic heterocycles. The third-order valence-corrected chi connectivity index (χ3v) is 7.07. The summed E-state index contributed by atoms with van der Waals surface area (Å²) < 4.78 is 41.8. The number of alkyl halides is 2. The number of benzene rings is 2. The zero-order chi connectivity index (χ0) is 24.2. The molecule has 1 aliphatic heterocycles. The smallest absolute Gasteiger partial charge is 0.273 e. The van der Waals surface area contributed by atoms with E-state index in [1.807, 2.05) is 25.1 Å². The molecule has 4 aromatic rings. The Kier molecular flexibility index (Phi) is 5.21. The van der Waals surface area contributed by atoms with Crippen LogP contribution < -0.4 is 10.1 Å². The van der Waals surface area contributed by atoms with E-state index in [0.29, 0.717) is 31.1 Å². The van der Waals surface area contributed by atoms with E-state index in [4.69, 9.17) is 14.5 Å². The zero-order valence-electron chi connectivity index (χ0n) is 19.6. The number of nitrogens with one attached hydrogen (secondary N) is 1. The van der Waals surface area contributed by atoms with Crippen molar-refractivity contribution in [3.8, 4) is 5.75 Å². The predicted octanol–water partition coefficient (Wildman–Crippen LogP) is 5.91. The molecule has 1 atom stereocenters. The van der Waals surface area contributed by atoms with Gasteiger partial charge in [0.15, 0.2) is 5.65 Å². The van der Waals surface area contributed by atoms with E-state index in [-0.39, 0.29) is 18.0 Å². The van der Waals surface area contributed by atoms with Crippen LogP contribution in [-0.2, 0) is 17.1 Å². The van der Waals surface area contributed by atoms with Crippen molar-refractivity contribution in [3.63, 3.8) is 0 Å². The number of anilines is 1. The van der Waals surface area contributed by atoms with Gasteiger partial charge in [0.2, 0.25) is 0 Å². The molecule has 0 spiro atoms. The Morgan fingerprint density at radius 1 is 1.20 bits per heavy atom. The first kappa shape index (κ1) is 22.0. The SMILES string of the molecule is COc1cc2c(cc1C1=CCOCC1)c(NC(C)c1cccc3c1CCC3(F)F)nc1ccnn12. The van der Waals surface area contributed by atoms with E-state index >= 15 is 0 Å². The van der Waals surface area contributed by atoms with Gasteiger partial charge in [0.1, 0.15) is 11.6 Å². The second kappa shape index (κ2) is 8.30. The molecule has 6 rings (SSSR count). The molecule has 1 aliphatic carbocycles. The lowest BCUT2D eigenvalue weighted by molar-refractivity contribution is -0.00184. The zero-order valence-corrected chi connectivity index (χ0v) is 19.6. The number of hydrogen-bond acceptors (Lipinski definition) is 5. The van der Waals surface area contributed by atoms with Crippen molar-refractivity contribution < 1.29 is 18.3 Å². The molecule has 6 nitrogen and oxygen atoms in total. The van der Waals surface area contributed by atoms with E-state index in [1.165, 1.54) is 0 Å². The van der Waals surface area contributed by atoms with Crippen LogP contribution in [0.25, 0.3) is 22.1 Å². The van der Waals surface area contributed by atoms with Crippen LogP contribution in [0.2, 0.25) is 0 Å². The molecular formula is C27H26F2N4O2. The van der Waals surface area contributed by atoms with Gasteiger partial charge in [-0.15, -0.1) is 0 Å². The van der Waals surface area contributed by atoms with Crippen LogP contribution in [0.15, 0.2) is 48.7 Å². The molecule has 8 heteroatoms. The van der Waals surface area contributed by atoms with Gasteiger partial charge in [-0.05, 0) is 42.5 Å². The highest BCUT2D eigenvalue weighted by Gasteiger charge is 2.40. The summed E-state index contributed by atoms with van der Waals surface area (Å²) in [5, 5.41) is 8.87. The first-order valence-corrected chi connectivity index (χ1v) is 11.9. The minimum Gasteiger partial charge on any atom is -0.496 e. The second-order valence-electron chi connectivity index (χ2n) is 9.13. The fourth-order valence-corrected chi connectivity index (χ4v) is 5.31. The quantitative estimate of drug-likeness (QED) is 0.388. The van der Waals surface area contributed by atoms with Crippen LogP contribution in [0.5, 0.6) is 5.75 Å². The van der Waals surface area contributed by atoms with Crippen molar-refractivity contribution in [2.75, 3.05) is 25.6 Å². The summed E-state index contributed by atoms with van der Waals surface area (Å²) in [4.78, 5) is 4.85. The van der Waals surface area contributed by atoms with Gasteiger partial charge >= 0.3 is 0 Å². The Labute approximate surface area is 201 Å². The number of aromatic nitrogens is 3. The molecule has 1 unspecified atom stereocenters. The van der Waals surface area contributed by atoms with Gasteiger partial charge in [-0.3, -0.25) is 0 Å². The largest absolute Gasteiger partial charge is 0.496 e. The van der Waals surface area contributed by atoms with Crippen LogP contribution in [0.3, 0.4) is 0 Å². The molecule has 0 saturated carbocycles. The monoisotopic (exact) mass is 476 g/mol. The average molecular weight is 477 g/mol. The summed E-state index contributed by atoms with van der Waals surface area (Å²) >= 11 is 0. The van der Waals surface area contributed by atoms with E-state index in [1.54, 1.807) is 30.0 Å². The summed E-state index contributed by atoms with van der Waals surface area (Å²) in [6.45, 7) is 3.22. The number of hydrogen-bond donors (Lipinski definition) is 1. The Balaban J connectivity index is 1.49. The molecule has 35 heavy (non-hydrogen) atoms. The van der Waals surface area contributed by atoms with Gasteiger partial charge in [0.05, 0.1) is 38.1 Å². The molecular weight excluding hydrogens is 450 g/mol. The van der Waals surface area contributed by atoms with Gasteiger partial charge < -0.3 is 14.8 Å². The molecule has 2 aliphatic rings. The highest BCUT2D eigenvalue weighted by atomic mass is 19.3. The molecule has 0 bridgehead atoms. The first-order chi connectivity index (χ1) is 17.0. The van der Waals surface area contributed by atoms with Crippen molar-refractivity contribution >= 4 is 27.9 Å². The van der Waals surface area contributed by atoms with Crippen LogP contribution in [-0.4, -0.2) is 34.9 Å². The maximum absolute atomic E-state index is 14.4. The number of rotatable bonds is 5. The van der Waals surface area contributed by atoms with Crippen molar-refractivity contribution in [2.45, 2.75) is 38.2 Å². The molecule has 0 amide bonds. The predicted molar refractivity (Wildman–Crippen MR) is 131 cm³/mol. The maximum atomic E-state index is 14.4. The van der Waals surface area contributed by atoms with E-state index in [2.05, 4.69) is 22.6 Å². The van der Waals surface area contributed by atoms with Gasteiger partial charge in [-0.2, -0.15) is 5.10 Å². The summed E-state index contributed by atoms with van der Waals surface area (Å²) in [5.41, 5.74) is 5.46. The Hall–Kier alpha value is -3.52. The molecule has 2 aromatic carbocycles. The number of nitrogens with zero attached hydrogens (tertiary/aromatic N) is 3. The summed E-state index contributed by atoms with van der Waals surface area (Å²) in [7, 11) is 1.67. The van der Waals surface area contributed by atoms with Crippen LogP contribution in [0, 0.1) is 0 Å². The van der Waals surface area contributed by atoms with Crippen molar-refractivity contribution in [1.82, 2.24) is 14.6 Å². The second-order valence-corrected chi connectivity index (χ2v) is 9.13. The highest BCUT2D eigenvalue weighted by molar-refractivity contribution is 5.95. The fraction of sp³-hybridized carbons (Fsp3) is 0.333. The van der Waals surface area contributed by atoms with E-state index in [0.717, 1.165) is 45.3 Å². The summed E-state index contributed by atoms with van der Waals surface area (Å²) in [6.07, 6.45) is 4.82. The maximum Gasteiger partial charge on any atom is 0.273 e. The molecule has 1 N–H and O–H groups in total. The molecule has 180 valence electrons. The summed E-state index contributed by atoms with van der Waals surface area (Å²) in [6, 6.07) is 10.9. The summed E-state index contributed by atoms with van der Waals surface area (Å²) in [5.74, 6) is -1.33. The van der Waals surface area contributed by atoms with Gasteiger partial charge in [0, 0.05) is 35.1 Å². The lowest BCUT2D eigenvalue weighted by Crippen LogP contribution is -2.13. The van der Waals surface area contributed by atoms with E-state index < -0.39 is 5.92 Å². The third kappa shape index (κ3) is 3.63. The van der Waals surface area contributed by atoms with Crippen molar-refractivity contribution in [3.05, 3.63) is 70.9 Å².